The summed E-state index contributed by atoms with van der Waals surface area (Å²) in [5, 5.41) is 15.5. The Hall–Kier alpha value is -0.870. The zero-order valence-corrected chi connectivity index (χ0v) is 6.42. The molecule has 0 atom stereocenters. The van der Waals surface area contributed by atoms with Gasteiger partial charge in [0.15, 0.2) is 0 Å². The van der Waals surface area contributed by atoms with Crippen molar-refractivity contribution in [2.75, 3.05) is 6.61 Å². The second-order valence-electron chi connectivity index (χ2n) is 1.40. The molecule has 0 amide bonds. The lowest BCUT2D eigenvalue weighted by Gasteiger charge is -1.79. The van der Waals surface area contributed by atoms with Gasteiger partial charge < -0.3 is 16.4 Å². The highest BCUT2D eigenvalue weighted by molar-refractivity contribution is 5.84. The van der Waals surface area contributed by atoms with E-state index in [0.717, 1.165) is 0 Å². The standard InChI is InChI=1S/C4H6O2.C2H6O.H3N/c1-3(2)4(5)6;1-2-3;/h1H2,2H3,(H,5,6);3H,2H2,1H3;1H3. The minimum absolute atomic E-state index is 0. The summed E-state index contributed by atoms with van der Waals surface area (Å²) in [5.74, 6) is -0.935. The molecule has 0 aliphatic heterocycles. The van der Waals surface area contributed by atoms with Crippen LogP contribution < -0.4 is 6.15 Å². The maximum Gasteiger partial charge on any atom is 0.330 e. The summed E-state index contributed by atoms with van der Waals surface area (Å²) in [6.07, 6.45) is 0. The van der Waals surface area contributed by atoms with Gasteiger partial charge in [-0.2, -0.15) is 0 Å². The topological polar surface area (TPSA) is 92.5 Å². The predicted molar refractivity (Wildman–Crippen MR) is 40.2 cm³/mol. The Morgan fingerprint density at radius 3 is 1.70 bits per heavy atom. The third-order valence-electron chi connectivity index (χ3n) is 0.365. The molecule has 0 radical (unpaired) electrons. The van der Waals surface area contributed by atoms with Crippen LogP contribution in [0.4, 0.5) is 0 Å². The fourth-order valence-corrected chi connectivity index (χ4v) is 0. The van der Waals surface area contributed by atoms with Crippen molar-refractivity contribution in [3.8, 4) is 0 Å². The van der Waals surface area contributed by atoms with Gasteiger partial charge in [0.25, 0.3) is 0 Å². The van der Waals surface area contributed by atoms with Gasteiger partial charge in [0.1, 0.15) is 0 Å². The molecule has 0 fully saturated rings. The molecule has 0 saturated carbocycles. The summed E-state index contributed by atoms with van der Waals surface area (Å²) in [7, 11) is 0. The molecule has 0 bridgehead atoms. The third-order valence-corrected chi connectivity index (χ3v) is 0.365. The lowest BCUT2D eigenvalue weighted by Crippen LogP contribution is -1.92. The molecule has 5 N–H and O–H groups in total. The first-order valence-electron chi connectivity index (χ1n) is 2.55. The summed E-state index contributed by atoms with van der Waals surface area (Å²) in [4.78, 5) is 9.60. The van der Waals surface area contributed by atoms with E-state index < -0.39 is 5.97 Å². The monoisotopic (exact) mass is 149 g/mol. The van der Waals surface area contributed by atoms with Crippen molar-refractivity contribution in [1.82, 2.24) is 6.15 Å². The first-order valence-corrected chi connectivity index (χ1v) is 2.55. The van der Waals surface area contributed by atoms with Crippen LogP contribution in [-0.2, 0) is 4.79 Å². The summed E-state index contributed by atoms with van der Waals surface area (Å²) < 4.78 is 0. The number of hydrogen-bond donors (Lipinski definition) is 3. The Morgan fingerprint density at radius 1 is 1.60 bits per heavy atom. The highest BCUT2D eigenvalue weighted by atomic mass is 16.4. The number of rotatable bonds is 1. The molecule has 4 heteroatoms. The molecule has 10 heavy (non-hydrogen) atoms. The highest BCUT2D eigenvalue weighted by Crippen LogP contribution is 1.81. The van der Waals surface area contributed by atoms with Gasteiger partial charge in [0.05, 0.1) is 0 Å². The molecule has 0 aromatic heterocycles. The Balaban J connectivity index is -0.000000107. The van der Waals surface area contributed by atoms with Gasteiger partial charge in [-0.15, -0.1) is 0 Å². The fourth-order valence-electron chi connectivity index (χ4n) is 0. The van der Waals surface area contributed by atoms with Gasteiger partial charge in [-0.05, 0) is 13.8 Å². The van der Waals surface area contributed by atoms with Crippen LogP contribution in [0.2, 0.25) is 0 Å². The van der Waals surface area contributed by atoms with Crippen molar-refractivity contribution < 1.29 is 15.0 Å². The van der Waals surface area contributed by atoms with E-state index in [-0.39, 0.29) is 18.3 Å². The second-order valence-corrected chi connectivity index (χ2v) is 1.40. The van der Waals surface area contributed by atoms with E-state index in [9.17, 15) is 4.79 Å². The number of aliphatic carboxylic acids is 1. The van der Waals surface area contributed by atoms with E-state index in [2.05, 4.69) is 6.58 Å². The minimum atomic E-state index is -0.935. The van der Waals surface area contributed by atoms with Crippen molar-refractivity contribution >= 4 is 5.97 Å². The van der Waals surface area contributed by atoms with Crippen molar-refractivity contribution in [3.05, 3.63) is 12.2 Å². The summed E-state index contributed by atoms with van der Waals surface area (Å²) in [6.45, 7) is 6.53. The van der Waals surface area contributed by atoms with E-state index in [0.29, 0.717) is 0 Å². The molecule has 4 nitrogen and oxygen atoms in total. The smallest absolute Gasteiger partial charge is 0.330 e. The average Bonchev–Trinajstić information content (AvgIpc) is 1.68. The van der Waals surface area contributed by atoms with Crippen molar-refractivity contribution in [2.45, 2.75) is 13.8 Å². The lowest BCUT2D eigenvalue weighted by atomic mass is 10.4. The number of carboxylic acid groups (broad SMARTS) is 1. The van der Waals surface area contributed by atoms with Crippen LogP contribution in [0.3, 0.4) is 0 Å². The van der Waals surface area contributed by atoms with Gasteiger partial charge >= 0.3 is 5.97 Å². The van der Waals surface area contributed by atoms with Crippen molar-refractivity contribution in [2.24, 2.45) is 0 Å². The predicted octanol–water partition coefficient (Wildman–Crippen LogP) is 0.808. The molecule has 0 spiro atoms. The molecule has 0 unspecified atom stereocenters. The Morgan fingerprint density at radius 2 is 1.70 bits per heavy atom. The van der Waals surface area contributed by atoms with Gasteiger partial charge in [-0.25, -0.2) is 4.79 Å². The molecular weight excluding hydrogens is 134 g/mol. The molecule has 62 valence electrons. The first-order chi connectivity index (χ1) is 4.06. The van der Waals surface area contributed by atoms with Crippen LogP contribution in [0.15, 0.2) is 12.2 Å². The van der Waals surface area contributed by atoms with E-state index in [1.54, 1.807) is 6.92 Å². The Bertz CT molecular complexity index is 89.2. The van der Waals surface area contributed by atoms with Gasteiger partial charge in [-0.3, -0.25) is 0 Å². The number of carbonyl (C=O) groups is 1. The van der Waals surface area contributed by atoms with Gasteiger partial charge in [0, 0.05) is 12.2 Å². The number of carboxylic acids is 1. The van der Waals surface area contributed by atoms with Crippen LogP contribution in [-0.4, -0.2) is 22.8 Å². The molecule has 0 aromatic carbocycles. The van der Waals surface area contributed by atoms with Crippen LogP contribution in [0.1, 0.15) is 13.8 Å². The van der Waals surface area contributed by atoms with Crippen molar-refractivity contribution in [3.63, 3.8) is 0 Å². The number of aliphatic hydroxyl groups is 1. The molecule has 0 aromatic rings. The third kappa shape index (κ3) is 27.3. The molecule has 0 heterocycles. The normalized spacial score (nSPS) is 6.30. The van der Waals surface area contributed by atoms with Gasteiger partial charge in [0.2, 0.25) is 0 Å². The highest BCUT2D eigenvalue weighted by Gasteiger charge is 1.90. The quantitative estimate of drug-likeness (QED) is 0.481. The molecule has 0 aliphatic carbocycles. The minimum Gasteiger partial charge on any atom is -0.478 e. The zero-order valence-electron chi connectivity index (χ0n) is 6.42. The molecular formula is C6H15NO3. The van der Waals surface area contributed by atoms with E-state index in [4.69, 9.17) is 10.2 Å². The molecule has 0 aliphatic rings. The maximum absolute atomic E-state index is 9.60. The van der Waals surface area contributed by atoms with Gasteiger partial charge in [-0.1, -0.05) is 6.58 Å². The summed E-state index contributed by atoms with van der Waals surface area (Å²) in [6, 6.07) is 0. The SMILES string of the molecule is C=C(C)C(=O)O.CCO.N. The van der Waals surface area contributed by atoms with E-state index >= 15 is 0 Å². The van der Waals surface area contributed by atoms with E-state index in [1.165, 1.54) is 6.92 Å². The first kappa shape index (κ1) is 16.1. The Labute approximate surface area is 60.8 Å². The largest absolute Gasteiger partial charge is 0.478 e. The van der Waals surface area contributed by atoms with Crippen LogP contribution in [0, 0.1) is 0 Å². The summed E-state index contributed by atoms with van der Waals surface area (Å²) in [5.41, 5.74) is 0.176. The molecule has 0 rings (SSSR count). The number of aliphatic hydroxyl groups excluding tert-OH is 1. The van der Waals surface area contributed by atoms with E-state index in [1.807, 2.05) is 0 Å². The average molecular weight is 149 g/mol. The lowest BCUT2D eigenvalue weighted by molar-refractivity contribution is -0.132. The van der Waals surface area contributed by atoms with Crippen molar-refractivity contribution in [1.29, 1.82) is 0 Å². The van der Waals surface area contributed by atoms with Crippen LogP contribution in [0.5, 0.6) is 0 Å². The summed E-state index contributed by atoms with van der Waals surface area (Å²) >= 11 is 0. The van der Waals surface area contributed by atoms with Crippen LogP contribution >= 0.6 is 0 Å². The second kappa shape index (κ2) is 11.0. The molecule has 0 saturated heterocycles. The maximum atomic E-state index is 9.60. The Kier molecular flexibility index (Phi) is 17.7. The zero-order chi connectivity index (χ0) is 7.86. The van der Waals surface area contributed by atoms with Crippen LogP contribution in [0.25, 0.3) is 0 Å². The fraction of sp³-hybridized carbons (Fsp3) is 0.500. The number of hydrogen-bond acceptors (Lipinski definition) is 3.